The van der Waals surface area contributed by atoms with Gasteiger partial charge in [-0.3, -0.25) is 0 Å². The maximum Gasteiger partial charge on any atom is 0.380 e. The third-order valence-corrected chi connectivity index (χ3v) is 5.80. The first kappa shape index (κ1) is 15.9. The summed E-state index contributed by atoms with van der Waals surface area (Å²) in [5.41, 5.74) is 4.83. The molecule has 2 nitrogen and oxygen atoms in total. The van der Waals surface area contributed by atoms with E-state index in [9.17, 15) is 0 Å². The lowest BCUT2D eigenvalue weighted by Gasteiger charge is -2.41. The highest BCUT2D eigenvalue weighted by atomic mass is 16.5. The fourth-order valence-corrected chi connectivity index (χ4v) is 4.53. The van der Waals surface area contributed by atoms with Crippen LogP contribution in [0.2, 0.25) is 6.82 Å². The van der Waals surface area contributed by atoms with Crippen molar-refractivity contribution in [3.8, 4) is 0 Å². The van der Waals surface area contributed by atoms with Gasteiger partial charge in [0.05, 0.1) is 0 Å². The summed E-state index contributed by atoms with van der Waals surface area (Å²) in [5, 5.41) is 0. The van der Waals surface area contributed by atoms with E-state index in [0.717, 1.165) is 6.54 Å². The van der Waals surface area contributed by atoms with Crippen LogP contribution >= 0.6 is 0 Å². The lowest BCUT2D eigenvalue weighted by Crippen LogP contribution is -2.47. The third kappa shape index (κ3) is 2.42. The van der Waals surface area contributed by atoms with Gasteiger partial charge in [0.25, 0.3) is 0 Å². The van der Waals surface area contributed by atoms with Crippen LogP contribution in [0.25, 0.3) is 0 Å². The van der Waals surface area contributed by atoms with Crippen LogP contribution in [-0.4, -0.2) is 24.4 Å². The summed E-state index contributed by atoms with van der Waals surface area (Å²) in [4.78, 5) is 2.57. The number of nitrogens with zero attached hydrogens (tertiary/aromatic N) is 1. The molecule has 2 aromatic rings. The number of rotatable bonds is 2. The van der Waals surface area contributed by atoms with Crippen LogP contribution in [0.3, 0.4) is 0 Å². The van der Waals surface area contributed by atoms with Gasteiger partial charge in [-0.2, -0.15) is 0 Å². The fourth-order valence-electron chi connectivity index (χ4n) is 4.53. The molecule has 0 amide bonds. The summed E-state index contributed by atoms with van der Waals surface area (Å²) in [6, 6.07) is 18.3. The van der Waals surface area contributed by atoms with E-state index in [2.05, 4.69) is 74.0 Å². The Kier molecular flexibility index (Phi) is 4.02. The van der Waals surface area contributed by atoms with E-state index >= 15 is 0 Å². The van der Waals surface area contributed by atoms with Crippen molar-refractivity contribution in [1.29, 1.82) is 0 Å². The van der Waals surface area contributed by atoms with Crippen molar-refractivity contribution >= 4 is 7.05 Å². The first-order chi connectivity index (χ1) is 11.6. The van der Waals surface area contributed by atoms with Crippen molar-refractivity contribution in [2.75, 3.05) is 6.54 Å². The molecule has 4 rings (SSSR count). The van der Waals surface area contributed by atoms with Crippen LogP contribution in [0.15, 0.2) is 48.5 Å². The van der Waals surface area contributed by atoms with Crippen LogP contribution < -0.4 is 0 Å². The van der Waals surface area contributed by atoms with E-state index in [4.69, 9.17) is 4.65 Å². The van der Waals surface area contributed by atoms with Gasteiger partial charge >= 0.3 is 7.05 Å². The summed E-state index contributed by atoms with van der Waals surface area (Å²) in [5.74, 6) is 0. The molecule has 0 saturated carbocycles. The van der Waals surface area contributed by atoms with Crippen LogP contribution in [-0.2, 0) is 10.3 Å². The molecule has 2 heterocycles. The molecule has 3 heteroatoms. The third-order valence-electron chi connectivity index (χ3n) is 5.80. The van der Waals surface area contributed by atoms with Gasteiger partial charge in [-0.05, 0) is 51.2 Å². The van der Waals surface area contributed by atoms with Gasteiger partial charge in [0.1, 0.15) is 5.60 Å². The number of hydrogen-bond acceptors (Lipinski definition) is 2. The molecule has 2 fully saturated rings. The summed E-state index contributed by atoms with van der Waals surface area (Å²) >= 11 is 0. The van der Waals surface area contributed by atoms with Gasteiger partial charge in [-0.15, -0.1) is 0 Å². The molecule has 1 unspecified atom stereocenters. The van der Waals surface area contributed by atoms with E-state index in [1.807, 2.05) is 0 Å². The molecule has 2 aliphatic rings. The molecule has 0 spiro atoms. The highest BCUT2D eigenvalue weighted by molar-refractivity contribution is 6.48. The van der Waals surface area contributed by atoms with Crippen molar-refractivity contribution in [1.82, 2.24) is 4.81 Å². The Morgan fingerprint density at radius 1 is 0.917 bits per heavy atom. The molecule has 0 aromatic heterocycles. The molecule has 24 heavy (non-hydrogen) atoms. The van der Waals surface area contributed by atoms with Gasteiger partial charge < -0.3 is 9.47 Å². The van der Waals surface area contributed by atoms with Crippen molar-refractivity contribution in [2.24, 2.45) is 0 Å². The Morgan fingerprint density at radius 2 is 1.46 bits per heavy atom. The van der Waals surface area contributed by atoms with E-state index in [-0.39, 0.29) is 12.7 Å². The van der Waals surface area contributed by atoms with Crippen molar-refractivity contribution in [2.45, 2.75) is 51.6 Å². The number of fused-ring (bicyclic) bond motifs is 1. The predicted octanol–water partition coefficient (Wildman–Crippen LogP) is 4.55. The van der Waals surface area contributed by atoms with E-state index in [1.165, 1.54) is 41.5 Å². The summed E-state index contributed by atoms with van der Waals surface area (Å²) in [6.45, 7) is 7.65. The van der Waals surface area contributed by atoms with E-state index in [0.29, 0.717) is 6.04 Å². The molecule has 0 radical (unpaired) electrons. The quantitative estimate of drug-likeness (QED) is 0.753. The minimum Gasteiger partial charge on any atom is -0.406 e. The average Bonchev–Trinajstić information content (AvgIpc) is 2.91. The normalized spacial score (nSPS) is 23.3. The zero-order valence-electron chi connectivity index (χ0n) is 15.0. The smallest absolute Gasteiger partial charge is 0.380 e. The lowest BCUT2D eigenvalue weighted by atomic mass is 9.76. The summed E-state index contributed by atoms with van der Waals surface area (Å²) in [7, 11) is 0.165. The molecule has 124 valence electrons. The van der Waals surface area contributed by atoms with Crippen LogP contribution in [0, 0.1) is 13.8 Å². The van der Waals surface area contributed by atoms with Gasteiger partial charge in [-0.1, -0.05) is 66.1 Å². The summed E-state index contributed by atoms with van der Waals surface area (Å²) in [6.07, 6.45) is 3.77. The first-order valence-electron chi connectivity index (χ1n) is 9.19. The Bertz CT molecular complexity index is 664. The van der Waals surface area contributed by atoms with Gasteiger partial charge in [0, 0.05) is 6.04 Å². The SMILES string of the molecule is CB1OC(c2ccc(C)cc2)(c2ccc(C)cc2)C2CCCCN12. The Balaban J connectivity index is 1.89. The summed E-state index contributed by atoms with van der Waals surface area (Å²) < 4.78 is 6.77. The van der Waals surface area contributed by atoms with Crippen LogP contribution in [0.1, 0.15) is 41.5 Å². The predicted molar refractivity (Wildman–Crippen MR) is 100 cm³/mol. The number of benzene rings is 2. The Hall–Kier alpha value is -1.58. The Labute approximate surface area is 146 Å². The molecular weight excluding hydrogens is 293 g/mol. The molecule has 1 atom stereocenters. The minimum absolute atomic E-state index is 0.165. The van der Waals surface area contributed by atoms with Gasteiger partial charge in [-0.25, -0.2) is 0 Å². The highest BCUT2D eigenvalue weighted by Gasteiger charge is 2.55. The van der Waals surface area contributed by atoms with Crippen molar-refractivity contribution in [3.63, 3.8) is 0 Å². The number of aryl methyl sites for hydroxylation is 2. The second-order valence-corrected chi connectivity index (χ2v) is 7.43. The average molecular weight is 319 g/mol. The number of hydrogen-bond donors (Lipinski definition) is 0. The maximum absolute atomic E-state index is 6.77. The second-order valence-electron chi connectivity index (χ2n) is 7.43. The monoisotopic (exact) mass is 319 g/mol. The lowest BCUT2D eigenvalue weighted by molar-refractivity contribution is 0.0825. The van der Waals surface area contributed by atoms with Crippen molar-refractivity contribution in [3.05, 3.63) is 70.8 Å². The molecule has 2 saturated heterocycles. The fraction of sp³-hybridized carbons (Fsp3) is 0.429. The van der Waals surface area contributed by atoms with Crippen LogP contribution in [0.4, 0.5) is 0 Å². The maximum atomic E-state index is 6.77. The topological polar surface area (TPSA) is 12.5 Å². The molecular formula is C21H26BNO. The number of piperidine rings is 1. The second kappa shape index (κ2) is 6.05. The van der Waals surface area contributed by atoms with Crippen molar-refractivity contribution < 1.29 is 4.65 Å². The zero-order valence-corrected chi connectivity index (χ0v) is 15.0. The van der Waals surface area contributed by atoms with Crippen LogP contribution in [0.5, 0.6) is 0 Å². The zero-order chi connectivity index (χ0) is 16.7. The largest absolute Gasteiger partial charge is 0.406 e. The molecule has 0 N–H and O–H groups in total. The molecule has 0 aliphatic carbocycles. The van der Waals surface area contributed by atoms with Gasteiger partial charge in [0.15, 0.2) is 0 Å². The molecule has 2 aromatic carbocycles. The molecule has 0 bridgehead atoms. The first-order valence-corrected chi connectivity index (χ1v) is 9.19. The minimum atomic E-state index is -0.346. The van der Waals surface area contributed by atoms with Gasteiger partial charge in [0.2, 0.25) is 0 Å². The molecule has 2 aliphatic heterocycles. The Morgan fingerprint density at radius 3 is 2.00 bits per heavy atom. The standard InChI is InChI=1S/C21H26BNO/c1-16-7-11-18(12-8-16)21(19-13-9-17(2)10-14-19)20-6-4-5-15-23(20)22(3)24-21/h7-14,20H,4-6,15H2,1-3H3. The van der Waals surface area contributed by atoms with E-state index < -0.39 is 0 Å². The van der Waals surface area contributed by atoms with E-state index in [1.54, 1.807) is 0 Å². The highest BCUT2D eigenvalue weighted by Crippen LogP contribution is 2.48.